The number of aryl methyl sites for hydroxylation is 2. The summed E-state index contributed by atoms with van der Waals surface area (Å²) < 4.78 is 20.3. The lowest BCUT2D eigenvalue weighted by atomic mass is 9.90. The number of benzene rings is 2. The molecule has 0 amide bonds. The summed E-state index contributed by atoms with van der Waals surface area (Å²) in [5.74, 6) is 0.801. The second-order valence-corrected chi connectivity index (χ2v) is 8.32. The quantitative estimate of drug-likeness (QED) is 0.812. The van der Waals surface area contributed by atoms with Crippen LogP contribution in [0.3, 0.4) is 0 Å². The van der Waals surface area contributed by atoms with E-state index in [1.54, 1.807) is 6.07 Å². The van der Waals surface area contributed by atoms with Gasteiger partial charge in [0.25, 0.3) is 0 Å². The SMILES string of the molecule is Cc1cc(OC2CCC(C)(O)C2)cc(C)c1-c1ccc(F)c2c1CCC2. The van der Waals surface area contributed by atoms with Crippen molar-refractivity contribution in [2.75, 3.05) is 0 Å². The number of fused-ring (bicyclic) bond motifs is 1. The average molecular weight is 354 g/mol. The molecule has 1 fully saturated rings. The van der Waals surface area contributed by atoms with Crippen LogP contribution in [-0.2, 0) is 12.8 Å². The van der Waals surface area contributed by atoms with Crippen LogP contribution in [0.4, 0.5) is 4.39 Å². The van der Waals surface area contributed by atoms with Gasteiger partial charge in [-0.3, -0.25) is 0 Å². The lowest BCUT2D eigenvalue weighted by molar-refractivity contribution is 0.0543. The summed E-state index contributed by atoms with van der Waals surface area (Å²) >= 11 is 0. The summed E-state index contributed by atoms with van der Waals surface area (Å²) in [5.41, 5.74) is 6.16. The Hall–Kier alpha value is -1.87. The molecule has 0 radical (unpaired) electrons. The van der Waals surface area contributed by atoms with Crippen molar-refractivity contribution in [2.45, 2.75) is 71.0 Å². The standard InChI is InChI=1S/C23H27FO2/c1-14-11-17(26-16-9-10-23(3,25)13-16)12-15(2)22(14)20-7-8-21(24)19-6-4-5-18(19)20/h7-8,11-12,16,25H,4-6,9-10,13H2,1-3H3. The number of ether oxygens (including phenoxy) is 1. The number of hydrogen-bond acceptors (Lipinski definition) is 2. The Morgan fingerprint density at radius 2 is 1.81 bits per heavy atom. The van der Waals surface area contributed by atoms with Crippen LogP contribution in [0.5, 0.6) is 5.75 Å². The highest BCUT2D eigenvalue weighted by atomic mass is 19.1. The van der Waals surface area contributed by atoms with Gasteiger partial charge in [0.1, 0.15) is 17.7 Å². The van der Waals surface area contributed by atoms with Crippen LogP contribution >= 0.6 is 0 Å². The Morgan fingerprint density at radius 3 is 2.46 bits per heavy atom. The molecule has 2 nitrogen and oxygen atoms in total. The second kappa shape index (κ2) is 6.38. The van der Waals surface area contributed by atoms with E-state index in [2.05, 4.69) is 26.0 Å². The molecular weight excluding hydrogens is 327 g/mol. The van der Waals surface area contributed by atoms with Crippen LogP contribution in [0.2, 0.25) is 0 Å². The predicted octanol–water partition coefficient (Wildman–Crippen LogP) is 5.28. The molecule has 0 bridgehead atoms. The first kappa shape index (κ1) is 17.5. The van der Waals surface area contributed by atoms with Crippen molar-refractivity contribution in [3.05, 3.63) is 52.3 Å². The maximum Gasteiger partial charge on any atom is 0.126 e. The second-order valence-electron chi connectivity index (χ2n) is 8.32. The van der Waals surface area contributed by atoms with Gasteiger partial charge in [-0.25, -0.2) is 4.39 Å². The Bertz CT molecular complexity index is 831. The fourth-order valence-corrected chi connectivity index (χ4v) is 4.77. The molecule has 0 saturated heterocycles. The van der Waals surface area contributed by atoms with Crippen LogP contribution in [-0.4, -0.2) is 16.8 Å². The molecule has 2 atom stereocenters. The molecule has 2 aromatic carbocycles. The molecule has 138 valence electrons. The van der Waals surface area contributed by atoms with Crippen molar-refractivity contribution < 1.29 is 14.2 Å². The zero-order valence-electron chi connectivity index (χ0n) is 15.9. The molecule has 2 unspecified atom stereocenters. The third-order valence-electron chi connectivity index (χ3n) is 5.98. The van der Waals surface area contributed by atoms with Crippen molar-refractivity contribution in [1.82, 2.24) is 0 Å². The van der Waals surface area contributed by atoms with Crippen molar-refractivity contribution in [3.8, 4) is 16.9 Å². The number of rotatable bonds is 3. The van der Waals surface area contributed by atoms with Gasteiger partial charge in [0.15, 0.2) is 0 Å². The number of hydrogen-bond donors (Lipinski definition) is 1. The monoisotopic (exact) mass is 354 g/mol. The van der Waals surface area contributed by atoms with Gasteiger partial charge in [-0.15, -0.1) is 0 Å². The van der Waals surface area contributed by atoms with Gasteiger partial charge >= 0.3 is 0 Å². The molecule has 2 aliphatic rings. The molecule has 0 spiro atoms. The van der Waals surface area contributed by atoms with E-state index in [9.17, 15) is 9.50 Å². The highest BCUT2D eigenvalue weighted by Gasteiger charge is 2.34. The molecule has 0 aliphatic heterocycles. The normalized spacial score (nSPS) is 24.7. The zero-order valence-corrected chi connectivity index (χ0v) is 15.9. The molecule has 1 N–H and O–H groups in total. The summed E-state index contributed by atoms with van der Waals surface area (Å²) in [5, 5.41) is 10.1. The molecule has 4 rings (SSSR count). The predicted molar refractivity (Wildman–Crippen MR) is 102 cm³/mol. The maximum atomic E-state index is 14.1. The van der Waals surface area contributed by atoms with E-state index >= 15 is 0 Å². The lowest BCUT2D eigenvalue weighted by Gasteiger charge is -2.20. The van der Waals surface area contributed by atoms with E-state index < -0.39 is 5.60 Å². The van der Waals surface area contributed by atoms with Gasteiger partial charge < -0.3 is 9.84 Å². The van der Waals surface area contributed by atoms with E-state index in [0.29, 0.717) is 6.42 Å². The van der Waals surface area contributed by atoms with Gasteiger partial charge in [-0.1, -0.05) is 6.07 Å². The fourth-order valence-electron chi connectivity index (χ4n) is 4.77. The van der Waals surface area contributed by atoms with Crippen molar-refractivity contribution in [1.29, 1.82) is 0 Å². The van der Waals surface area contributed by atoms with Crippen molar-refractivity contribution in [3.63, 3.8) is 0 Å². The van der Waals surface area contributed by atoms with Crippen molar-refractivity contribution >= 4 is 0 Å². The van der Waals surface area contributed by atoms with Crippen LogP contribution in [0, 0.1) is 19.7 Å². The Balaban J connectivity index is 1.67. The Labute approximate surface area is 155 Å². The van der Waals surface area contributed by atoms with Crippen molar-refractivity contribution in [2.24, 2.45) is 0 Å². The fraction of sp³-hybridized carbons (Fsp3) is 0.478. The maximum absolute atomic E-state index is 14.1. The minimum Gasteiger partial charge on any atom is -0.490 e. The summed E-state index contributed by atoms with van der Waals surface area (Å²) in [6.07, 6.45) is 5.26. The Kier molecular flexibility index (Phi) is 4.31. The van der Waals surface area contributed by atoms with E-state index in [4.69, 9.17) is 4.74 Å². The largest absolute Gasteiger partial charge is 0.490 e. The highest BCUT2D eigenvalue weighted by Crippen LogP contribution is 2.39. The summed E-state index contributed by atoms with van der Waals surface area (Å²) in [6, 6.07) is 7.72. The number of aliphatic hydroxyl groups is 1. The van der Waals surface area contributed by atoms with E-state index in [1.165, 1.54) is 16.7 Å². The first-order chi connectivity index (χ1) is 12.3. The summed E-state index contributed by atoms with van der Waals surface area (Å²) in [4.78, 5) is 0. The Morgan fingerprint density at radius 1 is 1.12 bits per heavy atom. The third-order valence-corrected chi connectivity index (χ3v) is 5.98. The van der Waals surface area contributed by atoms with Crippen LogP contribution < -0.4 is 4.74 Å². The molecule has 0 aromatic heterocycles. The topological polar surface area (TPSA) is 29.5 Å². The molecule has 0 heterocycles. The highest BCUT2D eigenvalue weighted by molar-refractivity contribution is 5.76. The molecule has 3 heteroatoms. The van der Waals surface area contributed by atoms with Gasteiger partial charge in [-0.05, 0) is 104 Å². The average Bonchev–Trinajstić information content (AvgIpc) is 3.16. The van der Waals surface area contributed by atoms with Gasteiger partial charge in [0.05, 0.1) is 5.60 Å². The molecule has 1 saturated carbocycles. The summed E-state index contributed by atoms with van der Waals surface area (Å²) in [7, 11) is 0. The molecule has 2 aromatic rings. The number of halogens is 1. The zero-order chi connectivity index (χ0) is 18.5. The van der Waals surface area contributed by atoms with Crippen LogP contribution in [0.15, 0.2) is 24.3 Å². The van der Waals surface area contributed by atoms with E-state index in [0.717, 1.165) is 54.5 Å². The van der Waals surface area contributed by atoms with E-state index in [1.807, 2.05) is 13.0 Å². The lowest BCUT2D eigenvalue weighted by Crippen LogP contribution is -2.22. The van der Waals surface area contributed by atoms with Gasteiger partial charge in [0.2, 0.25) is 0 Å². The first-order valence-electron chi connectivity index (χ1n) is 9.65. The van der Waals surface area contributed by atoms with E-state index in [-0.39, 0.29) is 11.9 Å². The molecule has 26 heavy (non-hydrogen) atoms. The van der Waals surface area contributed by atoms with Gasteiger partial charge in [0, 0.05) is 6.42 Å². The smallest absolute Gasteiger partial charge is 0.126 e. The minimum absolute atomic E-state index is 0.0650. The molecular formula is C23H27FO2. The van der Waals surface area contributed by atoms with Crippen LogP contribution in [0.1, 0.15) is 54.9 Å². The molecule has 2 aliphatic carbocycles. The van der Waals surface area contributed by atoms with Crippen LogP contribution in [0.25, 0.3) is 11.1 Å². The first-order valence-corrected chi connectivity index (χ1v) is 9.65. The minimum atomic E-state index is -0.608. The summed E-state index contributed by atoms with van der Waals surface area (Å²) in [6.45, 7) is 6.08. The third kappa shape index (κ3) is 3.14. The van der Waals surface area contributed by atoms with Gasteiger partial charge in [-0.2, -0.15) is 0 Å².